The zero-order chi connectivity index (χ0) is 14.0. The summed E-state index contributed by atoms with van der Waals surface area (Å²) in [6.45, 7) is 6.40. The van der Waals surface area contributed by atoms with E-state index < -0.39 is 5.60 Å². The highest BCUT2D eigenvalue weighted by atomic mass is 16.6. The van der Waals surface area contributed by atoms with Crippen molar-refractivity contribution in [3.8, 4) is 0 Å². The largest absolute Gasteiger partial charge is 0.444 e. The normalized spacial score (nSPS) is 19.5. The van der Waals surface area contributed by atoms with Gasteiger partial charge in [0.05, 0.1) is 6.04 Å². The predicted molar refractivity (Wildman–Crippen MR) is 75.8 cm³/mol. The molecule has 0 aliphatic carbocycles. The Kier molecular flexibility index (Phi) is 3.69. The molecule has 1 aliphatic rings. The molecule has 1 amide bonds. The zero-order valence-corrected chi connectivity index (χ0v) is 11.8. The summed E-state index contributed by atoms with van der Waals surface area (Å²) in [5.74, 6) is 0. The van der Waals surface area contributed by atoms with Crippen LogP contribution in [0.4, 0.5) is 10.5 Å². The van der Waals surface area contributed by atoms with E-state index >= 15 is 0 Å². The molecular weight excluding hydrogens is 240 g/mol. The highest BCUT2D eigenvalue weighted by Gasteiger charge is 2.33. The van der Waals surface area contributed by atoms with Gasteiger partial charge in [0.2, 0.25) is 0 Å². The first-order valence-electron chi connectivity index (χ1n) is 6.72. The summed E-state index contributed by atoms with van der Waals surface area (Å²) in [6.07, 6.45) is 1.72. The number of hydrogen-bond donors (Lipinski definition) is 1. The van der Waals surface area contributed by atoms with Gasteiger partial charge in [-0.05, 0) is 51.3 Å². The topological polar surface area (TPSA) is 55.6 Å². The molecular formula is C15H22N2O2. The van der Waals surface area contributed by atoms with Crippen molar-refractivity contribution in [3.05, 3.63) is 29.8 Å². The predicted octanol–water partition coefficient (Wildman–Crippen LogP) is 3.34. The lowest BCUT2D eigenvalue weighted by Crippen LogP contribution is -2.36. The van der Waals surface area contributed by atoms with Gasteiger partial charge in [-0.3, -0.25) is 0 Å². The second-order valence-electron chi connectivity index (χ2n) is 6.00. The Morgan fingerprint density at radius 2 is 2.16 bits per heavy atom. The fourth-order valence-electron chi connectivity index (χ4n) is 2.42. The summed E-state index contributed by atoms with van der Waals surface area (Å²) < 4.78 is 5.46. The third-order valence-corrected chi connectivity index (χ3v) is 3.18. The minimum absolute atomic E-state index is 0.0818. The maximum absolute atomic E-state index is 12.2. The molecule has 4 heteroatoms. The number of hydrogen-bond acceptors (Lipinski definition) is 3. The lowest BCUT2D eigenvalue weighted by Gasteiger charge is -2.29. The summed E-state index contributed by atoms with van der Waals surface area (Å²) in [4.78, 5) is 14.0. The van der Waals surface area contributed by atoms with Crippen LogP contribution < -0.4 is 5.73 Å². The van der Waals surface area contributed by atoms with Crippen LogP contribution in [0, 0.1) is 0 Å². The lowest BCUT2D eigenvalue weighted by molar-refractivity contribution is 0.0224. The zero-order valence-electron chi connectivity index (χ0n) is 11.8. The van der Waals surface area contributed by atoms with Crippen LogP contribution in [0.25, 0.3) is 0 Å². The third-order valence-electron chi connectivity index (χ3n) is 3.18. The Labute approximate surface area is 114 Å². The van der Waals surface area contributed by atoms with Crippen molar-refractivity contribution in [1.29, 1.82) is 0 Å². The number of nitrogens with zero attached hydrogens (tertiary/aromatic N) is 1. The molecule has 1 saturated heterocycles. The third kappa shape index (κ3) is 3.40. The van der Waals surface area contributed by atoms with Crippen LogP contribution in [0.2, 0.25) is 0 Å². The van der Waals surface area contributed by atoms with Gasteiger partial charge >= 0.3 is 6.09 Å². The first-order chi connectivity index (χ1) is 8.87. The molecule has 1 fully saturated rings. The maximum atomic E-state index is 12.2. The van der Waals surface area contributed by atoms with Gasteiger partial charge in [0.1, 0.15) is 5.60 Å². The van der Waals surface area contributed by atoms with E-state index in [2.05, 4.69) is 0 Å². The second kappa shape index (κ2) is 5.11. The van der Waals surface area contributed by atoms with E-state index in [9.17, 15) is 4.79 Å². The van der Waals surface area contributed by atoms with Crippen molar-refractivity contribution in [2.24, 2.45) is 0 Å². The van der Waals surface area contributed by atoms with E-state index in [0.717, 1.165) is 30.6 Å². The molecule has 1 aliphatic heterocycles. The van der Waals surface area contributed by atoms with Crippen LogP contribution >= 0.6 is 0 Å². The first kappa shape index (κ1) is 13.7. The summed E-state index contributed by atoms with van der Waals surface area (Å²) in [6, 6.07) is 7.82. The van der Waals surface area contributed by atoms with Gasteiger partial charge in [-0.2, -0.15) is 0 Å². The quantitative estimate of drug-likeness (QED) is 0.790. The van der Waals surface area contributed by atoms with Crippen LogP contribution in [0.15, 0.2) is 24.3 Å². The van der Waals surface area contributed by atoms with E-state index in [1.165, 1.54) is 0 Å². The Bertz CT molecular complexity index is 465. The van der Waals surface area contributed by atoms with E-state index in [1.54, 1.807) is 4.90 Å². The van der Waals surface area contributed by atoms with Gasteiger partial charge in [-0.15, -0.1) is 0 Å². The molecule has 1 aromatic carbocycles. The standard InChI is InChI=1S/C15H22N2O2/c1-15(2,3)19-14(18)17-9-5-8-13(17)11-6-4-7-12(16)10-11/h4,6-7,10,13H,5,8-9,16H2,1-3H3/t13-/m1/s1. The number of nitrogens with two attached hydrogens (primary N) is 1. The summed E-state index contributed by atoms with van der Waals surface area (Å²) in [5, 5.41) is 0. The van der Waals surface area contributed by atoms with Crippen molar-refractivity contribution < 1.29 is 9.53 Å². The van der Waals surface area contributed by atoms with Gasteiger partial charge in [-0.25, -0.2) is 4.79 Å². The number of ether oxygens (including phenoxy) is 1. The second-order valence-corrected chi connectivity index (χ2v) is 6.00. The molecule has 0 spiro atoms. The van der Waals surface area contributed by atoms with Crippen LogP contribution in [0.3, 0.4) is 0 Å². The van der Waals surface area contributed by atoms with E-state index in [-0.39, 0.29) is 12.1 Å². The van der Waals surface area contributed by atoms with Crippen molar-refractivity contribution in [2.45, 2.75) is 45.3 Å². The van der Waals surface area contributed by atoms with Crippen molar-refractivity contribution in [1.82, 2.24) is 4.90 Å². The number of carbonyl (C=O) groups is 1. The number of amides is 1. The molecule has 19 heavy (non-hydrogen) atoms. The Morgan fingerprint density at radius 3 is 2.79 bits per heavy atom. The molecule has 1 atom stereocenters. The first-order valence-corrected chi connectivity index (χ1v) is 6.72. The molecule has 0 bridgehead atoms. The fourth-order valence-corrected chi connectivity index (χ4v) is 2.42. The molecule has 0 radical (unpaired) electrons. The molecule has 1 heterocycles. The summed E-state index contributed by atoms with van der Waals surface area (Å²) in [7, 11) is 0. The molecule has 2 rings (SSSR count). The number of carbonyl (C=O) groups excluding carboxylic acids is 1. The van der Waals surface area contributed by atoms with Gasteiger partial charge in [-0.1, -0.05) is 12.1 Å². The SMILES string of the molecule is CC(C)(C)OC(=O)N1CCC[C@@H]1c1cccc(N)c1. The highest BCUT2D eigenvalue weighted by Crippen LogP contribution is 2.33. The number of rotatable bonds is 1. The highest BCUT2D eigenvalue weighted by molar-refractivity contribution is 5.69. The molecule has 1 aromatic rings. The molecule has 104 valence electrons. The fraction of sp³-hybridized carbons (Fsp3) is 0.533. The number of nitrogen functional groups attached to an aromatic ring is 1. The monoisotopic (exact) mass is 262 g/mol. The Hall–Kier alpha value is -1.71. The number of anilines is 1. The molecule has 4 nitrogen and oxygen atoms in total. The summed E-state index contributed by atoms with van der Waals surface area (Å²) in [5.41, 5.74) is 7.17. The Morgan fingerprint density at radius 1 is 1.42 bits per heavy atom. The average molecular weight is 262 g/mol. The van der Waals surface area contributed by atoms with Gasteiger partial charge in [0.25, 0.3) is 0 Å². The smallest absolute Gasteiger partial charge is 0.410 e. The van der Waals surface area contributed by atoms with Crippen LogP contribution in [0.1, 0.15) is 45.2 Å². The van der Waals surface area contributed by atoms with Crippen molar-refractivity contribution in [2.75, 3.05) is 12.3 Å². The maximum Gasteiger partial charge on any atom is 0.410 e. The molecule has 0 unspecified atom stereocenters. The minimum atomic E-state index is -0.458. The van der Waals surface area contributed by atoms with E-state index in [1.807, 2.05) is 45.0 Å². The molecule has 2 N–H and O–H groups in total. The Balaban J connectivity index is 2.15. The van der Waals surface area contributed by atoms with Crippen LogP contribution in [-0.4, -0.2) is 23.1 Å². The van der Waals surface area contributed by atoms with Crippen molar-refractivity contribution >= 4 is 11.8 Å². The van der Waals surface area contributed by atoms with Gasteiger partial charge in [0, 0.05) is 12.2 Å². The average Bonchev–Trinajstić information content (AvgIpc) is 2.75. The van der Waals surface area contributed by atoms with E-state index in [0.29, 0.717) is 0 Å². The summed E-state index contributed by atoms with van der Waals surface area (Å²) >= 11 is 0. The van der Waals surface area contributed by atoms with E-state index in [4.69, 9.17) is 10.5 Å². The van der Waals surface area contributed by atoms with Crippen LogP contribution in [-0.2, 0) is 4.74 Å². The van der Waals surface area contributed by atoms with Crippen molar-refractivity contribution in [3.63, 3.8) is 0 Å². The molecule has 0 aromatic heterocycles. The van der Waals surface area contributed by atoms with Gasteiger partial charge in [0.15, 0.2) is 0 Å². The number of benzene rings is 1. The minimum Gasteiger partial charge on any atom is -0.444 e. The molecule has 0 saturated carbocycles. The van der Waals surface area contributed by atoms with Crippen LogP contribution in [0.5, 0.6) is 0 Å². The number of likely N-dealkylation sites (tertiary alicyclic amines) is 1. The lowest BCUT2D eigenvalue weighted by atomic mass is 10.0. The van der Waals surface area contributed by atoms with Gasteiger partial charge < -0.3 is 15.4 Å².